The Morgan fingerprint density at radius 3 is 2.86 bits per heavy atom. The highest BCUT2D eigenvalue weighted by Gasteiger charge is 2.13. The van der Waals surface area contributed by atoms with Crippen LogP contribution in [0.3, 0.4) is 0 Å². The van der Waals surface area contributed by atoms with E-state index >= 15 is 0 Å². The van der Waals surface area contributed by atoms with Crippen LogP contribution >= 0.6 is 22.9 Å². The lowest BCUT2D eigenvalue weighted by atomic mass is 10.1. The summed E-state index contributed by atoms with van der Waals surface area (Å²) in [7, 11) is 0. The van der Waals surface area contributed by atoms with Gasteiger partial charge in [0.2, 0.25) is 0 Å². The molecule has 1 heterocycles. The van der Waals surface area contributed by atoms with Crippen LogP contribution in [-0.2, 0) is 12.5 Å². The van der Waals surface area contributed by atoms with Crippen molar-refractivity contribution >= 4 is 33.0 Å². The van der Waals surface area contributed by atoms with E-state index in [0.717, 1.165) is 9.58 Å². The molecule has 1 nitrogen and oxygen atoms in total. The minimum absolute atomic E-state index is 0.164. The van der Waals surface area contributed by atoms with Crippen LogP contribution in [0.2, 0.25) is 0 Å². The molecule has 2 aromatic rings. The Balaban J connectivity index is 2.81. The van der Waals surface area contributed by atoms with Gasteiger partial charge in [-0.3, -0.25) is 0 Å². The molecular formula is C10H8ClFOS. The van der Waals surface area contributed by atoms with Gasteiger partial charge in [-0.25, -0.2) is 4.39 Å². The molecule has 0 aliphatic heterocycles. The first kappa shape index (κ1) is 9.90. The summed E-state index contributed by atoms with van der Waals surface area (Å²) in [6.07, 6.45) is 0. The zero-order valence-corrected chi connectivity index (χ0v) is 8.83. The predicted octanol–water partition coefficient (Wildman–Crippen LogP) is 3.27. The van der Waals surface area contributed by atoms with E-state index in [2.05, 4.69) is 0 Å². The molecular weight excluding hydrogens is 223 g/mol. The van der Waals surface area contributed by atoms with Gasteiger partial charge in [-0.05, 0) is 12.1 Å². The van der Waals surface area contributed by atoms with Crippen molar-refractivity contribution in [1.82, 2.24) is 0 Å². The molecule has 0 atom stereocenters. The molecule has 0 saturated heterocycles. The summed E-state index contributed by atoms with van der Waals surface area (Å²) < 4.78 is 14.3. The maximum atomic E-state index is 13.4. The van der Waals surface area contributed by atoms with Crippen molar-refractivity contribution in [3.63, 3.8) is 0 Å². The van der Waals surface area contributed by atoms with Gasteiger partial charge in [0.15, 0.2) is 0 Å². The molecule has 0 radical (unpaired) electrons. The first-order valence-corrected chi connectivity index (χ1v) is 5.48. The molecule has 1 N–H and O–H groups in total. The van der Waals surface area contributed by atoms with Crippen LogP contribution in [0.25, 0.3) is 10.1 Å². The van der Waals surface area contributed by atoms with Crippen LogP contribution in [0.4, 0.5) is 4.39 Å². The van der Waals surface area contributed by atoms with E-state index in [-0.39, 0.29) is 12.4 Å². The van der Waals surface area contributed by atoms with Gasteiger partial charge in [0.25, 0.3) is 0 Å². The molecule has 1 aromatic carbocycles. The fourth-order valence-corrected chi connectivity index (χ4v) is 2.90. The lowest BCUT2D eigenvalue weighted by Gasteiger charge is -1.97. The van der Waals surface area contributed by atoms with Crippen molar-refractivity contribution in [2.24, 2.45) is 0 Å². The largest absolute Gasteiger partial charge is 0.392 e. The Hall–Kier alpha value is -0.640. The molecule has 0 amide bonds. The summed E-state index contributed by atoms with van der Waals surface area (Å²) in [5, 5.41) is 9.65. The Morgan fingerprint density at radius 2 is 2.21 bits per heavy atom. The second kappa shape index (κ2) is 3.85. The quantitative estimate of drug-likeness (QED) is 0.786. The van der Waals surface area contributed by atoms with Gasteiger partial charge < -0.3 is 5.11 Å². The normalized spacial score (nSPS) is 11.1. The molecule has 0 fully saturated rings. The molecule has 4 heteroatoms. The predicted molar refractivity (Wildman–Crippen MR) is 57.3 cm³/mol. The Labute approximate surface area is 89.7 Å². The molecule has 0 aliphatic carbocycles. The third kappa shape index (κ3) is 1.41. The summed E-state index contributed by atoms with van der Waals surface area (Å²) in [4.78, 5) is 0.842. The van der Waals surface area contributed by atoms with E-state index in [1.54, 1.807) is 6.07 Å². The monoisotopic (exact) mass is 230 g/mol. The van der Waals surface area contributed by atoms with Crippen LogP contribution < -0.4 is 0 Å². The van der Waals surface area contributed by atoms with Gasteiger partial charge in [0.1, 0.15) is 5.82 Å². The first-order valence-electron chi connectivity index (χ1n) is 4.13. The van der Waals surface area contributed by atoms with Gasteiger partial charge in [-0.1, -0.05) is 6.07 Å². The second-order valence-corrected chi connectivity index (χ2v) is 4.31. The molecule has 14 heavy (non-hydrogen) atoms. The van der Waals surface area contributed by atoms with Crippen LogP contribution in [-0.4, -0.2) is 5.11 Å². The number of aliphatic hydroxyl groups excluding tert-OH is 1. The summed E-state index contributed by atoms with van der Waals surface area (Å²) >= 11 is 7.14. The minimum atomic E-state index is -0.292. The lowest BCUT2D eigenvalue weighted by molar-refractivity contribution is 0.282. The topological polar surface area (TPSA) is 20.2 Å². The molecule has 74 valence electrons. The SMILES string of the molecule is OCc1c(CCl)sc2cccc(F)c12. The number of aliphatic hydroxyl groups is 1. The first-order chi connectivity index (χ1) is 6.77. The van der Waals surface area contributed by atoms with Crippen molar-refractivity contribution in [3.05, 3.63) is 34.5 Å². The summed E-state index contributed by atoms with van der Waals surface area (Å²) in [6, 6.07) is 4.89. The second-order valence-electron chi connectivity index (χ2n) is 2.91. The minimum Gasteiger partial charge on any atom is -0.392 e. The van der Waals surface area contributed by atoms with E-state index in [9.17, 15) is 4.39 Å². The maximum Gasteiger partial charge on any atom is 0.132 e. The Morgan fingerprint density at radius 1 is 1.43 bits per heavy atom. The number of alkyl halides is 1. The zero-order chi connectivity index (χ0) is 10.1. The summed E-state index contributed by atoms with van der Waals surface area (Å²) in [6.45, 7) is -0.164. The average molecular weight is 231 g/mol. The Kier molecular flexibility index (Phi) is 2.72. The highest BCUT2D eigenvalue weighted by molar-refractivity contribution is 7.19. The lowest BCUT2D eigenvalue weighted by Crippen LogP contribution is -1.87. The molecule has 2 rings (SSSR count). The van der Waals surface area contributed by atoms with Gasteiger partial charge in [-0.2, -0.15) is 0 Å². The number of hydrogen-bond donors (Lipinski definition) is 1. The maximum absolute atomic E-state index is 13.4. The van der Waals surface area contributed by atoms with Crippen molar-refractivity contribution in [2.75, 3.05) is 0 Å². The van der Waals surface area contributed by atoms with Gasteiger partial charge in [0.05, 0.1) is 12.5 Å². The highest BCUT2D eigenvalue weighted by atomic mass is 35.5. The third-order valence-corrected chi connectivity index (χ3v) is 3.75. The van der Waals surface area contributed by atoms with Gasteiger partial charge in [-0.15, -0.1) is 22.9 Å². The summed E-state index contributed by atoms with van der Waals surface area (Å²) in [5.41, 5.74) is 0.623. The van der Waals surface area contributed by atoms with Crippen LogP contribution in [0, 0.1) is 5.82 Å². The van der Waals surface area contributed by atoms with Crippen LogP contribution in [0.15, 0.2) is 18.2 Å². The molecule has 0 unspecified atom stereocenters. The summed E-state index contributed by atoms with van der Waals surface area (Å²) in [5.74, 6) is 0.0217. The molecule has 0 aliphatic rings. The fourth-order valence-electron chi connectivity index (χ4n) is 1.49. The highest BCUT2D eigenvalue weighted by Crippen LogP contribution is 2.33. The molecule has 0 spiro atoms. The zero-order valence-electron chi connectivity index (χ0n) is 7.26. The van der Waals surface area contributed by atoms with E-state index in [1.807, 2.05) is 6.07 Å². The number of fused-ring (bicyclic) bond motifs is 1. The smallest absolute Gasteiger partial charge is 0.132 e. The van der Waals surface area contributed by atoms with E-state index in [1.165, 1.54) is 17.4 Å². The average Bonchev–Trinajstić information content (AvgIpc) is 2.56. The molecule has 0 saturated carbocycles. The molecule has 1 aromatic heterocycles. The van der Waals surface area contributed by atoms with Gasteiger partial charge in [0, 0.05) is 20.5 Å². The van der Waals surface area contributed by atoms with Crippen molar-refractivity contribution in [2.45, 2.75) is 12.5 Å². The van der Waals surface area contributed by atoms with E-state index < -0.39 is 0 Å². The van der Waals surface area contributed by atoms with Crippen molar-refractivity contribution in [3.8, 4) is 0 Å². The Bertz CT molecular complexity index is 466. The van der Waals surface area contributed by atoms with Gasteiger partial charge >= 0.3 is 0 Å². The third-order valence-electron chi connectivity index (χ3n) is 2.13. The van der Waals surface area contributed by atoms with Crippen LogP contribution in [0.1, 0.15) is 10.4 Å². The van der Waals surface area contributed by atoms with E-state index in [4.69, 9.17) is 16.7 Å². The number of thiophene rings is 1. The standard InChI is InChI=1S/C10H8ClFOS/c11-4-9-6(5-13)10-7(12)2-1-3-8(10)14-9/h1-3,13H,4-5H2. The van der Waals surface area contributed by atoms with E-state index in [0.29, 0.717) is 16.8 Å². The van der Waals surface area contributed by atoms with Crippen LogP contribution in [0.5, 0.6) is 0 Å². The number of hydrogen-bond acceptors (Lipinski definition) is 2. The van der Waals surface area contributed by atoms with Crippen molar-refractivity contribution in [1.29, 1.82) is 0 Å². The number of halogens is 2. The van der Waals surface area contributed by atoms with Crippen molar-refractivity contribution < 1.29 is 9.50 Å². The fraction of sp³-hybridized carbons (Fsp3) is 0.200. The molecule has 0 bridgehead atoms. The number of benzene rings is 1. The number of rotatable bonds is 2.